The van der Waals surface area contributed by atoms with E-state index in [1.165, 1.54) is 16.7 Å². The lowest BCUT2D eigenvalue weighted by atomic mass is 9.95. The van der Waals surface area contributed by atoms with Crippen molar-refractivity contribution < 1.29 is 9.53 Å². The predicted octanol–water partition coefficient (Wildman–Crippen LogP) is 4.81. The molecular weight excluding hydrogens is 460 g/mol. The molecule has 0 N–H and O–H groups in total. The van der Waals surface area contributed by atoms with Crippen LogP contribution in [0.3, 0.4) is 0 Å². The zero-order chi connectivity index (χ0) is 25.8. The van der Waals surface area contributed by atoms with Crippen molar-refractivity contribution in [3.63, 3.8) is 0 Å². The summed E-state index contributed by atoms with van der Waals surface area (Å²) in [5.41, 5.74) is 6.84. The maximum atomic E-state index is 13.7. The number of hydrogen-bond donors (Lipinski definition) is 0. The molecule has 3 aromatic rings. The maximum absolute atomic E-state index is 13.7. The molecule has 1 saturated heterocycles. The Morgan fingerprint density at radius 1 is 0.919 bits per heavy atom. The molecule has 0 aromatic heterocycles. The van der Waals surface area contributed by atoms with E-state index in [0.717, 1.165) is 55.3 Å². The van der Waals surface area contributed by atoms with E-state index in [1.54, 1.807) is 12.1 Å². The van der Waals surface area contributed by atoms with Crippen molar-refractivity contribution in [1.29, 1.82) is 0 Å². The van der Waals surface area contributed by atoms with E-state index < -0.39 is 0 Å². The highest BCUT2D eigenvalue weighted by Crippen LogP contribution is 2.35. The quantitative estimate of drug-likeness (QED) is 0.471. The summed E-state index contributed by atoms with van der Waals surface area (Å²) in [7, 11) is 1.67. The van der Waals surface area contributed by atoms with Crippen LogP contribution in [-0.4, -0.2) is 66.3 Å². The van der Waals surface area contributed by atoms with Gasteiger partial charge < -0.3 is 4.74 Å². The zero-order valence-electron chi connectivity index (χ0n) is 22.1. The number of aryl methyl sites for hydroxylation is 2. The van der Waals surface area contributed by atoms with Gasteiger partial charge in [-0.3, -0.25) is 14.6 Å². The Morgan fingerprint density at radius 3 is 2.43 bits per heavy atom. The van der Waals surface area contributed by atoms with Gasteiger partial charge in [-0.25, -0.2) is 5.01 Å². The summed E-state index contributed by atoms with van der Waals surface area (Å²) < 4.78 is 5.48. The first kappa shape index (κ1) is 25.2. The van der Waals surface area contributed by atoms with Crippen molar-refractivity contribution in [2.75, 3.05) is 39.8 Å². The third kappa shape index (κ3) is 5.92. The fraction of sp³-hybridized carbons (Fsp3) is 0.355. The highest BCUT2D eigenvalue weighted by molar-refractivity contribution is 6.04. The number of amides is 1. The van der Waals surface area contributed by atoms with Crippen molar-refractivity contribution in [3.8, 4) is 5.75 Å². The largest absolute Gasteiger partial charge is 0.497 e. The normalized spacial score (nSPS) is 18.6. The van der Waals surface area contributed by atoms with Crippen LogP contribution in [0.1, 0.15) is 40.3 Å². The second kappa shape index (κ2) is 11.3. The van der Waals surface area contributed by atoms with Gasteiger partial charge in [0.2, 0.25) is 0 Å². The van der Waals surface area contributed by atoms with Crippen LogP contribution in [0.4, 0.5) is 0 Å². The average molecular weight is 497 g/mol. The minimum Gasteiger partial charge on any atom is -0.497 e. The summed E-state index contributed by atoms with van der Waals surface area (Å²) in [5, 5.41) is 6.66. The zero-order valence-corrected chi connectivity index (χ0v) is 22.1. The first-order valence-electron chi connectivity index (χ1n) is 13.1. The molecule has 1 atom stereocenters. The fourth-order valence-electron chi connectivity index (χ4n) is 5.27. The molecule has 1 amide bonds. The molecule has 6 heteroatoms. The van der Waals surface area contributed by atoms with E-state index >= 15 is 0 Å². The Balaban J connectivity index is 1.31. The number of hydrazone groups is 1. The van der Waals surface area contributed by atoms with Gasteiger partial charge >= 0.3 is 0 Å². The van der Waals surface area contributed by atoms with Crippen molar-refractivity contribution in [2.24, 2.45) is 5.10 Å². The van der Waals surface area contributed by atoms with Gasteiger partial charge in [-0.05, 0) is 48.7 Å². The average Bonchev–Trinajstić information content (AvgIpc) is 3.37. The molecule has 5 rings (SSSR count). The number of carbonyl (C=O) groups is 1. The number of rotatable bonds is 7. The lowest BCUT2D eigenvalue weighted by molar-refractivity contribution is -0.134. The van der Waals surface area contributed by atoms with Gasteiger partial charge in [-0.2, -0.15) is 5.10 Å². The number of ether oxygens (including phenoxy) is 1. The van der Waals surface area contributed by atoms with Crippen LogP contribution >= 0.6 is 0 Å². The Morgan fingerprint density at radius 2 is 1.68 bits per heavy atom. The highest BCUT2D eigenvalue weighted by Gasteiger charge is 2.34. The number of piperazine rings is 1. The SMILES string of the molecule is COc1cccc([C@@H]2CC(c3cc(C)ccc3C)=NN2C(=O)CN2CCN(Cc3ccccc3)CC2)c1. The minimum absolute atomic E-state index is 0.0460. The molecule has 3 aromatic carbocycles. The molecule has 1 fully saturated rings. The molecule has 192 valence electrons. The van der Waals surface area contributed by atoms with Gasteiger partial charge in [0.15, 0.2) is 0 Å². The van der Waals surface area contributed by atoms with Gasteiger partial charge in [-0.1, -0.05) is 60.2 Å². The van der Waals surface area contributed by atoms with E-state index in [-0.39, 0.29) is 11.9 Å². The highest BCUT2D eigenvalue weighted by atomic mass is 16.5. The molecular formula is C31H36N4O2. The Labute approximate surface area is 220 Å². The molecule has 37 heavy (non-hydrogen) atoms. The molecule has 0 radical (unpaired) electrons. The Kier molecular flexibility index (Phi) is 7.68. The molecule has 0 bridgehead atoms. The number of nitrogens with zero attached hydrogens (tertiary/aromatic N) is 4. The maximum Gasteiger partial charge on any atom is 0.257 e. The summed E-state index contributed by atoms with van der Waals surface area (Å²) in [6, 6.07) is 24.9. The van der Waals surface area contributed by atoms with Gasteiger partial charge in [0.1, 0.15) is 5.75 Å². The van der Waals surface area contributed by atoms with E-state index in [1.807, 2.05) is 18.2 Å². The minimum atomic E-state index is -0.142. The second-order valence-electron chi connectivity index (χ2n) is 10.1. The summed E-state index contributed by atoms with van der Waals surface area (Å²) in [6.07, 6.45) is 0.689. The van der Waals surface area contributed by atoms with Gasteiger partial charge in [0.05, 0.1) is 25.4 Å². The Bertz CT molecular complexity index is 1270. The van der Waals surface area contributed by atoms with Crippen LogP contribution in [0.5, 0.6) is 5.75 Å². The third-order valence-electron chi connectivity index (χ3n) is 7.42. The number of methoxy groups -OCH3 is 1. The summed E-state index contributed by atoms with van der Waals surface area (Å²) in [4.78, 5) is 18.4. The van der Waals surface area contributed by atoms with Gasteiger partial charge in [0.25, 0.3) is 5.91 Å². The van der Waals surface area contributed by atoms with Gasteiger partial charge in [0, 0.05) is 44.7 Å². The summed E-state index contributed by atoms with van der Waals surface area (Å²) >= 11 is 0. The summed E-state index contributed by atoms with van der Waals surface area (Å²) in [5.74, 6) is 0.837. The van der Waals surface area contributed by atoms with Crippen molar-refractivity contribution in [2.45, 2.75) is 32.9 Å². The molecule has 2 aliphatic rings. The van der Waals surface area contributed by atoms with Crippen LogP contribution in [0, 0.1) is 13.8 Å². The Hall–Kier alpha value is -3.48. The first-order chi connectivity index (χ1) is 18.0. The van der Waals surface area contributed by atoms with Crippen LogP contribution in [-0.2, 0) is 11.3 Å². The first-order valence-corrected chi connectivity index (χ1v) is 13.1. The topological polar surface area (TPSA) is 48.4 Å². The smallest absolute Gasteiger partial charge is 0.257 e. The lowest BCUT2D eigenvalue weighted by Crippen LogP contribution is -2.49. The van der Waals surface area contributed by atoms with E-state index in [9.17, 15) is 4.79 Å². The third-order valence-corrected chi connectivity index (χ3v) is 7.42. The number of hydrogen-bond acceptors (Lipinski definition) is 5. The molecule has 2 heterocycles. The van der Waals surface area contributed by atoms with Crippen LogP contribution in [0.15, 0.2) is 77.9 Å². The van der Waals surface area contributed by atoms with Crippen molar-refractivity contribution in [1.82, 2.24) is 14.8 Å². The molecule has 0 unspecified atom stereocenters. The van der Waals surface area contributed by atoms with E-state index in [2.05, 4.69) is 78.2 Å². The molecule has 0 saturated carbocycles. The standard InChI is InChI=1S/C31H36N4O2/c1-23-12-13-24(2)28(18-23)29-20-30(26-10-7-11-27(19-26)37-3)35(32-29)31(36)22-34-16-14-33(15-17-34)21-25-8-5-4-6-9-25/h4-13,18-19,30H,14-17,20-22H2,1-3H3/t30-/m0/s1. The van der Waals surface area contributed by atoms with Crippen LogP contribution < -0.4 is 4.74 Å². The van der Waals surface area contributed by atoms with Gasteiger partial charge in [-0.15, -0.1) is 0 Å². The second-order valence-corrected chi connectivity index (χ2v) is 10.1. The monoisotopic (exact) mass is 496 g/mol. The molecule has 2 aliphatic heterocycles. The van der Waals surface area contributed by atoms with Crippen LogP contribution in [0.25, 0.3) is 0 Å². The predicted molar refractivity (Wildman–Crippen MR) is 148 cm³/mol. The molecule has 0 aliphatic carbocycles. The van der Waals surface area contributed by atoms with Crippen molar-refractivity contribution >= 4 is 11.6 Å². The van der Waals surface area contributed by atoms with E-state index in [4.69, 9.17) is 9.84 Å². The fourth-order valence-corrected chi connectivity index (χ4v) is 5.27. The van der Waals surface area contributed by atoms with Crippen LogP contribution in [0.2, 0.25) is 0 Å². The molecule has 6 nitrogen and oxygen atoms in total. The summed E-state index contributed by atoms with van der Waals surface area (Å²) in [6.45, 7) is 9.21. The number of carbonyl (C=O) groups excluding carboxylic acids is 1. The van der Waals surface area contributed by atoms with E-state index in [0.29, 0.717) is 13.0 Å². The van der Waals surface area contributed by atoms with Crippen molar-refractivity contribution in [3.05, 3.63) is 101 Å². The number of benzene rings is 3. The lowest BCUT2D eigenvalue weighted by Gasteiger charge is -2.35. The molecule has 0 spiro atoms.